The lowest BCUT2D eigenvalue weighted by atomic mass is 10.2. The number of nitro groups is 1. The van der Waals surface area contributed by atoms with Crippen LogP contribution in [-0.4, -0.2) is 24.5 Å². The lowest BCUT2D eigenvalue weighted by Crippen LogP contribution is -2.14. The minimum atomic E-state index is -3.89. The number of hydrogen-bond donors (Lipinski definition) is 3. The second kappa shape index (κ2) is 7.55. The summed E-state index contributed by atoms with van der Waals surface area (Å²) in [6.07, 6.45) is 2.54. The number of non-ortho nitro benzene ring substituents is 1. The molecule has 1 amide bonds. The summed E-state index contributed by atoms with van der Waals surface area (Å²) in [5.74, 6) is -0.692. The Kier molecular flexibility index (Phi) is 5.47. The van der Waals surface area contributed by atoms with Crippen LogP contribution in [0.4, 0.5) is 11.4 Å². The maximum Gasteiger partial charge on any atom is 0.269 e. The van der Waals surface area contributed by atoms with Crippen LogP contribution in [0.2, 0.25) is 0 Å². The van der Waals surface area contributed by atoms with Crippen LogP contribution in [0, 0.1) is 10.1 Å². The van der Waals surface area contributed by atoms with Gasteiger partial charge in [0.05, 0.1) is 9.82 Å². The number of nitro benzene ring substituents is 1. The number of anilines is 1. The van der Waals surface area contributed by atoms with E-state index in [1.54, 1.807) is 12.1 Å². The van der Waals surface area contributed by atoms with E-state index in [2.05, 4.69) is 4.72 Å². The van der Waals surface area contributed by atoms with Crippen molar-refractivity contribution in [2.24, 2.45) is 0 Å². The van der Waals surface area contributed by atoms with Gasteiger partial charge in [-0.1, -0.05) is 12.1 Å². The van der Waals surface area contributed by atoms with Gasteiger partial charge in [-0.05, 0) is 35.9 Å². The molecule has 0 aliphatic heterocycles. The van der Waals surface area contributed by atoms with Gasteiger partial charge in [-0.25, -0.2) is 13.9 Å². The van der Waals surface area contributed by atoms with Crippen LogP contribution in [0.5, 0.6) is 0 Å². The molecule has 2 aromatic rings. The maximum atomic E-state index is 12.2. The van der Waals surface area contributed by atoms with Gasteiger partial charge in [0.2, 0.25) is 0 Å². The third kappa shape index (κ3) is 4.86. The van der Waals surface area contributed by atoms with Crippen LogP contribution in [0.3, 0.4) is 0 Å². The molecule has 0 heterocycles. The zero-order valence-electron chi connectivity index (χ0n) is 12.6. The molecular formula is C15H13N3O6S. The van der Waals surface area contributed by atoms with E-state index in [-0.39, 0.29) is 16.3 Å². The zero-order valence-corrected chi connectivity index (χ0v) is 13.4. The molecule has 130 valence electrons. The fourth-order valence-corrected chi connectivity index (χ4v) is 2.89. The summed E-state index contributed by atoms with van der Waals surface area (Å²) in [4.78, 5) is 20.7. The Balaban J connectivity index is 2.13. The highest BCUT2D eigenvalue weighted by Crippen LogP contribution is 2.19. The highest BCUT2D eigenvalue weighted by Gasteiger charge is 2.15. The number of hydroxylamine groups is 1. The van der Waals surface area contributed by atoms with Crippen molar-refractivity contribution in [3.05, 3.63) is 70.3 Å². The first-order valence-electron chi connectivity index (χ1n) is 6.81. The SMILES string of the molecule is O=C(C=Cc1ccc(NS(=O)(=O)c2ccc([N+](=O)[O-])cc2)cc1)NO. The quantitative estimate of drug-likeness (QED) is 0.310. The minimum Gasteiger partial charge on any atom is -0.288 e. The second-order valence-corrected chi connectivity index (χ2v) is 6.47. The summed E-state index contributed by atoms with van der Waals surface area (Å²) in [5, 5.41) is 19.0. The summed E-state index contributed by atoms with van der Waals surface area (Å²) in [6.45, 7) is 0. The molecule has 0 aliphatic carbocycles. The topological polar surface area (TPSA) is 139 Å². The molecule has 0 aliphatic rings. The minimum absolute atomic E-state index is 0.110. The first kappa shape index (κ1) is 18.1. The lowest BCUT2D eigenvalue weighted by Gasteiger charge is -2.08. The van der Waals surface area contributed by atoms with Crippen molar-refractivity contribution in [2.45, 2.75) is 4.90 Å². The number of rotatable bonds is 6. The molecule has 10 heteroatoms. The Hall–Kier alpha value is -3.24. The highest BCUT2D eigenvalue weighted by molar-refractivity contribution is 7.92. The Morgan fingerprint density at radius 3 is 2.20 bits per heavy atom. The molecule has 3 N–H and O–H groups in total. The van der Waals surface area contributed by atoms with E-state index in [1.807, 2.05) is 0 Å². The van der Waals surface area contributed by atoms with Crippen LogP contribution in [0.25, 0.3) is 6.08 Å². The summed E-state index contributed by atoms with van der Waals surface area (Å²) in [6, 6.07) is 10.6. The largest absolute Gasteiger partial charge is 0.288 e. The molecule has 0 unspecified atom stereocenters. The number of benzene rings is 2. The van der Waals surface area contributed by atoms with E-state index < -0.39 is 20.9 Å². The fraction of sp³-hybridized carbons (Fsp3) is 0. The van der Waals surface area contributed by atoms with Crippen LogP contribution in [0.1, 0.15) is 5.56 Å². The average Bonchev–Trinajstić information content (AvgIpc) is 2.60. The van der Waals surface area contributed by atoms with E-state index in [4.69, 9.17) is 5.21 Å². The normalized spacial score (nSPS) is 11.2. The number of nitrogens with zero attached hydrogens (tertiary/aromatic N) is 1. The molecule has 0 spiro atoms. The van der Waals surface area contributed by atoms with Gasteiger partial charge in [-0.15, -0.1) is 0 Å². The Morgan fingerprint density at radius 2 is 1.68 bits per heavy atom. The molecule has 2 rings (SSSR count). The molecule has 0 fully saturated rings. The van der Waals surface area contributed by atoms with Gasteiger partial charge >= 0.3 is 0 Å². The molecule has 0 saturated carbocycles. The summed E-state index contributed by atoms with van der Waals surface area (Å²) < 4.78 is 26.8. The van der Waals surface area contributed by atoms with Gasteiger partial charge in [0.1, 0.15) is 0 Å². The number of carbonyl (C=O) groups is 1. The van der Waals surface area contributed by atoms with E-state index in [0.29, 0.717) is 5.56 Å². The number of nitrogens with one attached hydrogen (secondary N) is 2. The van der Waals surface area contributed by atoms with E-state index in [9.17, 15) is 23.3 Å². The van der Waals surface area contributed by atoms with E-state index in [0.717, 1.165) is 30.3 Å². The standard InChI is InChI=1S/C15H13N3O6S/c19-15(16-20)10-3-11-1-4-12(5-2-11)17-25(23,24)14-8-6-13(7-9-14)18(21)22/h1-10,17,20H,(H,16,19). The van der Waals surface area contributed by atoms with Gasteiger partial charge in [0.15, 0.2) is 0 Å². The predicted molar refractivity (Wildman–Crippen MR) is 89.3 cm³/mol. The average molecular weight is 363 g/mol. The molecule has 25 heavy (non-hydrogen) atoms. The van der Waals surface area contributed by atoms with Crippen molar-refractivity contribution in [2.75, 3.05) is 4.72 Å². The monoisotopic (exact) mass is 363 g/mol. The van der Waals surface area contributed by atoms with Crippen LogP contribution in [-0.2, 0) is 14.8 Å². The summed E-state index contributed by atoms with van der Waals surface area (Å²) in [7, 11) is -3.89. The molecular weight excluding hydrogens is 350 g/mol. The lowest BCUT2D eigenvalue weighted by molar-refractivity contribution is -0.384. The summed E-state index contributed by atoms with van der Waals surface area (Å²) >= 11 is 0. The van der Waals surface area contributed by atoms with Crippen molar-refractivity contribution < 1.29 is 23.3 Å². The third-order valence-electron chi connectivity index (χ3n) is 3.06. The van der Waals surface area contributed by atoms with Gasteiger partial charge in [-0.2, -0.15) is 0 Å². The first-order chi connectivity index (χ1) is 11.8. The third-order valence-corrected chi connectivity index (χ3v) is 4.46. The maximum absolute atomic E-state index is 12.2. The molecule has 0 saturated heterocycles. The Labute approximate surface area is 142 Å². The van der Waals surface area contributed by atoms with Crippen molar-refractivity contribution in [3.63, 3.8) is 0 Å². The zero-order chi connectivity index (χ0) is 18.4. The highest BCUT2D eigenvalue weighted by atomic mass is 32.2. The van der Waals surface area contributed by atoms with E-state index >= 15 is 0 Å². The van der Waals surface area contributed by atoms with Crippen LogP contribution in [0.15, 0.2) is 59.5 Å². The molecule has 2 aromatic carbocycles. The van der Waals surface area contributed by atoms with Crippen LogP contribution >= 0.6 is 0 Å². The predicted octanol–water partition coefficient (Wildman–Crippen LogP) is 1.91. The fourth-order valence-electron chi connectivity index (χ4n) is 1.83. The van der Waals surface area contributed by atoms with Crippen molar-refractivity contribution in [3.8, 4) is 0 Å². The molecule has 9 nitrogen and oxygen atoms in total. The van der Waals surface area contributed by atoms with Gasteiger partial charge in [-0.3, -0.25) is 24.8 Å². The van der Waals surface area contributed by atoms with Crippen molar-refractivity contribution in [1.82, 2.24) is 5.48 Å². The summed E-state index contributed by atoms with van der Waals surface area (Å²) in [5.41, 5.74) is 2.13. The second-order valence-electron chi connectivity index (χ2n) is 4.79. The molecule has 0 aromatic heterocycles. The first-order valence-corrected chi connectivity index (χ1v) is 8.29. The number of sulfonamides is 1. The van der Waals surface area contributed by atoms with Crippen molar-refractivity contribution >= 4 is 33.4 Å². The van der Waals surface area contributed by atoms with E-state index in [1.165, 1.54) is 23.7 Å². The van der Waals surface area contributed by atoms with Crippen molar-refractivity contribution in [1.29, 1.82) is 0 Å². The van der Waals surface area contributed by atoms with Crippen LogP contribution < -0.4 is 10.2 Å². The molecule has 0 bridgehead atoms. The van der Waals surface area contributed by atoms with Gasteiger partial charge in [0, 0.05) is 23.9 Å². The number of carbonyl (C=O) groups excluding carboxylic acids is 1. The molecule has 0 radical (unpaired) electrons. The van der Waals surface area contributed by atoms with Gasteiger partial charge < -0.3 is 0 Å². The smallest absolute Gasteiger partial charge is 0.269 e. The Bertz CT molecular complexity index is 905. The number of hydrogen-bond acceptors (Lipinski definition) is 6. The Morgan fingerprint density at radius 1 is 1.08 bits per heavy atom. The number of amides is 1. The molecule has 0 atom stereocenters. The van der Waals surface area contributed by atoms with Gasteiger partial charge in [0.25, 0.3) is 21.6 Å².